The normalized spacial score (nSPS) is 12.6. The summed E-state index contributed by atoms with van der Waals surface area (Å²) < 4.78 is 5.25. The summed E-state index contributed by atoms with van der Waals surface area (Å²) in [5, 5.41) is 3.73. The number of hydrogen-bond acceptors (Lipinski definition) is 3. The first-order chi connectivity index (χ1) is 7.75. The Hall–Kier alpha value is -1.32. The molecule has 2 heterocycles. The molecule has 0 aromatic carbocycles. The van der Waals surface area contributed by atoms with Gasteiger partial charge in [0.1, 0.15) is 5.76 Å². The second kappa shape index (κ2) is 5.14. The predicted molar refractivity (Wildman–Crippen MR) is 63.2 cm³/mol. The van der Waals surface area contributed by atoms with Crippen LogP contribution < -0.4 is 5.32 Å². The van der Waals surface area contributed by atoms with Gasteiger partial charge in [0.05, 0.1) is 12.2 Å². The maximum absolute atomic E-state index is 5.69. The Morgan fingerprint density at radius 1 is 1.38 bits per heavy atom. The van der Waals surface area contributed by atoms with Gasteiger partial charge in [-0.25, -0.2) is 0 Å². The molecule has 0 spiro atoms. The predicted octanol–water partition coefficient (Wildman–Crippen LogP) is 3.18. The van der Waals surface area contributed by atoms with Gasteiger partial charge in [-0.2, -0.15) is 0 Å². The fourth-order valence-electron chi connectivity index (χ4n) is 1.44. The van der Waals surface area contributed by atoms with Crippen molar-refractivity contribution < 1.29 is 4.42 Å². The first kappa shape index (κ1) is 11.2. The van der Waals surface area contributed by atoms with Gasteiger partial charge in [-0.3, -0.25) is 4.98 Å². The molecule has 1 atom stereocenters. The van der Waals surface area contributed by atoms with Crippen LogP contribution in [-0.2, 0) is 6.54 Å². The highest BCUT2D eigenvalue weighted by atomic mass is 35.5. The molecular weight excluding hydrogens is 224 g/mol. The van der Waals surface area contributed by atoms with Crippen LogP contribution in [0, 0.1) is 0 Å². The Labute approximate surface area is 99.5 Å². The molecule has 0 aliphatic rings. The zero-order valence-corrected chi connectivity index (χ0v) is 9.74. The van der Waals surface area contributed by atoms with Crippen molar-refractivity contribution >= 4 is 11.6 Å². The third-order valence-corrected chi connectivity index (χ3v) is 2.55. The molecule has 0 saturated heterocycles. The second-order valence-electron chi connectivity index (χ2n) is 3.56. The molecule has 1 N–H and O–H groups in total. The Balaban J connectivity index is 1.91. The fourth-order valence-corrected chi connectivity index (χ4v) is 1.60. The summed E-state index contributed by atoms with van der Waals surface area (Å²) >= 11 is 5.69. The van der Waals surface area contributed by atoms with E-state index in [4.69, 9.17) is 16.0 Å². The zero-order valence-electron chi connectivity index (χ0n) is 8.98. The van der Waals surface area contributed by atoms with Crippen molar-refractivity contribution in [2.24, 2.45) is 0 Å². The van der Waals surface area contributed by atoms with Crippen LogP contribution in [0.25, 0.3) is 0 Å². The second-order valence-corrected chi connectivity index (χ2v) is 3.94. The summed E-state index contributed by atoms with van der Waals surface area (Å²) in [5.74, 6) is 0.827. The average molecular weight is 237 g/mol. The molecule has 3 nitrogen and oxygen atoms in total. The number of nitrogens with one attached hydrogen (secondary N) is 1. The Bertz CT molecular complexity index is 441. The number of pyridine rings is 1. The van der Waals surface area contributed by atoms with Crippen LogP contribution in [0.1, 0.15) is 24.4 Å². The molecule has 4 heteroatoms. The van der Waals surface area contributed by atoms with Gasteiger partial charge in [-0.15, -0.1) is 0 Å². The highest BCUT2D eigenvalue weighted by Gasteiger charge is 2.06. The molecule has 0 bridgehead atoms. The lowest BCUT2D eigenvalue weighted by molar-refractivity contribution is 0.458. The molecule has 0 aliphatic heterocycles. The number of hydrogen-bond donors (Lipinski definition) is 1. The lowest BCUT2D eigenvalue weighted by Crippen LogP contribution is -2.18. The maximum atomic E-state index is 5.69. The van der Waals surface area contributed by atoms with Crippen LogP contribution in [0.2, 0.25) is 5.22 Å². The summed E-state index contributed by atoms with van der Waals surface area (Å²) in [7, 11) is 0. The first-order valence-corrected chi connectivity index (χ1v) is 5.52. The monoisotopic (exact) mass is 236 g/mol. The van der Waals surface area contributed by atoms with Gasteiger partial charge in [0, 0.05) is 12.2 Å². The number of halogens is 1. The van der Waals surface area contributed by atoms with Crippen LogP contribution in [0.4, 0.5) is 0 Å². The molecule has 2 aromatic rings. The quantitative estimate of drug-likeness (QED) is 0.886. The van der Waals surface area contributed by atoms with Gasteiger partial charge in [0.15, 0.2) is 5.22 Å². The molecule has 1 unspecified atom stereocenters. The Morgan fingerprint density at radius 3 is 2.88 bits per heavy atom. The maximum Gasteiger partial charge on any atom is 0.193 e. The van der Waals surface area contributed by atoms with Gasteiger partial charge >= 0.3 is 0 Å². The van der Waals surface area contributed by atoms with E-state index in [2.05, 4.69) is 17.2 Å². The molecule has 0 fully saturated rings. The van der Waals surface area contributed by atoms with E-state index in [9.17, 15) is 0 Å². The third kappa shape index (κ3) is 2.84. The lowest BCUT2D eigenvalue weighted by atomic mass is 10.2. The van der Waals surface area contributed by atoms with Crippen LogP contribution in [0.3, 0.4) is 0 Å². The van der Waals surface area contributed by atoms with Gasteiger partial charge in [0.2, 0.25) is 0 Å². The van der Waals surface area contributed by atoms with E-state index < -0.39 is 0 Å². The summed E-state index contributed by atoms with van der Waals surface area (Å²) in [6.45, 7) is 2.71. The van der Waals surface area contributed by atoms with Gasteiger partial charge in [0.25, 0.3) is 0 Å². The summed E-state index contributed by atoms with van der Waals surface area (Å²) in [6.07, 6.45) is 1.79. The van der Waals surface area contributed by atoms with E-state index >= 15 is 0 Å². The minimum atomic E-state index is 0.185. The van der Waals surface area contributed by atoms with Crippen molar-refractivity contribution in [3.8, 4) is 0 Å². The molecule has 2 rings (SSSR count). The minimum Gasteiger partial charge on any atom is -0.448 e. The van der Waals surface area contributed by atoms with Crippen molar-refractivity contribution in [3.05, 3.63) is 53.2 Å². The Morgan fingerprint density at radius 2 is 2.25 bits per heavy atom. The molecule has 2 aromatic heterocycles. The smallest absolute Gasteiger partial charge is 0.193 e. The zero-order chi connectivity index (χ0) is 11.4. The Kier molecular flexibility index (Phi) is 3.59. The number of furan rings is 1. The highest BCUT2D eigenvalue weighted by Crippen LogP contribution is 2.14. The van der Waals surface area contributed by atoms with Gasteiger partial charge < -0.3 is 9.73 Å². The molecule has 0 radical (unpaired) electrons. The molecule has 16 heavy (non-hydrogen) atoms. The van der Waals surface area contributed by atoms with Crippen LogP contribution >= 0.6 is 11.6 Å². The summed E-state index contributed by atoms with van der Waals surface area (Å²) in [5.41, 5.74) is 1.01. The SMILES string of the molecule is CC(NCc1ccc(Cl)o1)c1ccccn1. The van der Waals surface area contributed by atoms with E-state index in [0.29, 0.717) is 11.8 Å². The molecule has 0 amide bonds. The first-order valence-electron chi connectivity index (χ1n) is 5.14. The van der Waals surface area contributed by atoms with Crippen molar-refractivity contribution in [2.75, 3.05) is 0 Å². The van der Waals surface area contributed by atoms with Crippen molar-refractivity contribution in [2.45, 2.75) is 19.5 Å². The molecule has 84 valence electrons. The lowest BCUT2D eigenvalue weighted by Gasteiger charge is -2.11. The number of aromatic nitrogens is 1. The molecule has 0 saturated carbocycles. The standard InChI is InChI=1S/C12H13ClN2O/c1-9(11-4-2-3-7-14-11)15-8-10-5-6-12(13)16-10/h2-7,9,15H,8H2,1H3. The van der Waals surface area contributed by atoms with Gasteiger partial charge in [-0.1, -0.05) is 6.07 Å². The fraction of sp³-hybridized carbons (Fsp3) is 0.250. The van der Waals surface area contributed by atoms with E-state index in [1.807, 2.05) is 24.3 Å². The van der Waals surface area contributed by atoms with Crippen molar-refractivity contribution in [3.63, 3.8) is 0 Å². The van der Waals surface area contributed by atoms with Gasteiger partial charge in [-0.05, 0) is 42.8 Å². The largest absolute Gasteiger partial charge is 0.448 e. The van der Waals surface area contributed by atoms with Crippen LogP contribution in [0.15, 0.2) is 40.9 Å². The van der Waals surface area contributed by atoms with Crippen molar-refractivity contribution in [1.29, 1.82) is 0 Å². The topological polar surface area (TPSA) is 38.1 Å². The van der Waals surface area contributed by atoms with Crippen LogP contribution in [0.5, 0.6) is 0 Å². The highest BCUT2D eigenvalue weighted by molar-refractivity contribution is 6.28. The van der Waals surface area contributed by atoms with E-state index in [0.717, 1.165) is 11.5 Å². The van der Waals surface area contributed by atoms with E-state index in [-0.39, 0.29) is 6.04 Å². The molecule has 0 aliphatic carbocycles. The third-order valence-electron chi connectivity index (χ3n) is 2.34. The minimum absolute atomic E-state index is 0.185. The number of nitrogens with zero attached hydrogens (tertiary/aromatic N) is 1. The number of rotatable bonds is 4. The van der Waals surface area contributed by atoms with E-state index in [1.165, 1.54) is 0 Å². The van der Waals surface area contributed by atoms with Crippen LogP contribution in [-0.4, -0.2) is 4.98 Å². The summed E-state index contributed by atoms with van der Waals surface area (Å²) in [6, 6.07) is 9.66. The van der Waals surface area contributed by atoms with E-state index in [1.54, 1.807) is 12.3 Å². The van der Waals surface area contributed by atoms with Crippen molar-refractivity contribution in [1.82, 2.24) is 10.3 Å². The summed E-state index contributed by atoms with van der Waals surface area (Å²) in [4.78, 5) is 4.28. The average Bonchev–Trinajstić information content (AvgIpc) is 2.73. The molecular formula is C12H13ClN2O.